The molecule has 0 fully saturated rings. The molecule has 0 spiro atoms. The van der Waals surface area contributed by atoms with Crippen LogP contribution in [-0.4, -0.2) is 30.2 Å². The number of fused-ring (bicyclic) bond motifs is 1. The number of aryl methyl sites for hydroxylation is 2. The lowest BCUT2D eigenvalue weighted by Crippen LogP contribution is -2.02. The highest BCUT2D eigenvalue weighted by Gasteiger charge is 2.17. The van der Waals surface area contributed by atoms with Gasteiger partial charge >= 0.3 is 5.97 Å². The lowest BCUT2D eigenvalue weighted by molar-refractivity contribution is -0.136. The Labute approximate surface area is 119 Å². The van der Waals surface area contributed by atoms with Crippen LogP contribution in [0.1, 0.15) is 17.1 Å². The molecular weight excluding hydrogens is 276 g/mol. The summed E-state index contributed by atoms with van der Waals surface area (Å²) in [5.74, 6) is -0.839. The minimum atomic E-state index is -0.839. The van der Waals surface area contributed by atoms with E-state index in [-0.39, 0.29) is 6.42 Å². The van der Waals surface area contributed by atoms with Gasteiger partial charge < -0.3 is 5.11 Å². The third kappa shape index (κ3) is 1.90. The van der Waals surface area contributed by atoms with Crippen molar-refractivity contribution in [2.24, 2.45) is 7.05 Å². The second kappa shape index (κ2) is 4.45. The van der Waals surface area contributed by atoms with E-state index in [1.54, 1.807) is 0 Å². The summed E-state index contributed by atoms with van der Waals surface area (Å²) in [6.45, 7) is 3.95. The fraction of sp³-hybridized carbons (Fsp3) is 0.308. The molecule has 0 aliphatic heterocycles. The molecule has 0 amide bonds. The Morgan fingerprint density at radius 3 is 2.80 bits per heavy atom. The van der Waals surface area contributed by atoms with Crippen LogP contribution < -0.4 is 0 Å². The number of rotatable bonds is 3. The highest BCUT2D eigenvalue weighted by atomic mass is 32.1. The monoisotopic (exact) mass is 290 g/mol. The number of thiazole rings is 1. The lowest BCUT2D eigenvalue weighted by atomic mass is 10.1. The summed E-state index contributed by atoms with van der Waals surface area (Å²) in [6, 6.07) is 0. The molecule has 3 aromatic heterocycles. The van der Waals surface area contributed by atoms with Crippen LogP contribution in [0.2, 0.25) is 0 Å². The van der Waals surface area contributed by atoms with Crippen molar-refractivity contribution in [3.63, 3.8) is 0 Å². The maximum atomic E-state index is 10.9. The lowest BCUT2D eigenvalue weighted by Gasteiger charge is -1.97. The normalized spacial score (nSPS) is 11.3. The average Bonchev–Trinajstić information content (AvgIpc) is 2.96. The quantitative estimate of drug-likeness (QED) is 0.801. The van der Waals surface area contributed by atoms with Crippen molar-refractivity contribution < 1.29 is 9.90 Å². The smallest absolute Gasteiger partial charge is 0.309 e. The summed E-state index contributed by atoms with van der Waals surface area (Å²) >= 11 is 1.45. The third-order valence-corrected chi connectivity index (χ3v) is 4.27. The highest BCUT2D eigenvalue weighted by molar-refractivity contribution is 7.15. The molecule has 0 aliphatic rings. The number of carbonyl (C=O) groups is 1. The van der Waals surface area contributed by atoms with Crippen LogP contribution in [0, 0.1) is 13.8 Å². The first-order chi connectivity index (χ1) is 9.47. The van der Waals surface area contributed by atoms with Crippen molar-refractivity contribution in [1.82, 2.24) is 19.2 Å². The fourth-order valence-electron chi connectivity index (χ4n) is 2.38. The summed E-state index contributed by atoms with van der Waals surface area (Å²) < 4.78 is 3.68. The molecule has 7 heteroatoms. The van der Waals surface area contributed by atoms with Crippen molar-refractivity contribution in [3.8, 4) is 11.3 Å². The van der Waals surface area contributed by atoms with E-state index in [4.69, 9.17) is 5.11 Å². The number of carboxylic acids is 1. The standard InChI is InChI=1S/C13H14N4O2S/c1-7-12(8(2)16(3)15-7)10-5-17-9(4-11(18)19)6-20-13(17)14-10/h5-6H,4H2,1-3H3,(H,18,19). The van der Waals surface area contributed by atoms with Crippen LogP contribution in [-0.2, 0) is 18.3 Å². The molecule has 0 unspecified atom stereocenters. The van der Waals surface area contributed by atoms with Gasteiger partial charge in [-0.05, 0) is 13.8 Å². The maximum absolute atomic E-state index is 10.9. The molecule has 1 N–H and O–H groups in total. The van der Waals surface area contributed by atoms with Gasteiger partial charge in [-0.25, -0.2) is 4.98 Å². The van der Waals surface area contributed by atoms with Gasteiger partial charge in [0.1, 0.15) is 0 Å². The summed E-state index contributed by atoms with van der Waals surface area (Å²) in [5.41, 5.74) is 4.58. The van der Waals surface area contributed by atoms with Crippen LogP contribution in [0.4, 0.5) is 0 Å². The molecule has 0 saturated carbocycles. The van der Waals surface area contributed by atoms with Gasteiger partial charge in [0.2, 0.25) is 0 Å². The van der Waals surface area contributed by atoms with Gasteiger partial charge in [0.15, 0.2) is 4.96 Å². The van der Waals surface area contributed by atoms with Crippen molar-refractivity contribution >= 4 is 22.3 Å². The van der Waals surface area contributed by atoms with E-state index in [1.807, 2.05) is 41.6 Å². The molecule has 0 saturated heterocycles. The van der Waals surface area contributed by atoms with E-state index < -0.39 is 5.97 Å². The average molecular weight is 290 g/mol. The van der Waals surface area contributed by atoms with E-state index in [2.05, 4.69) is 10.1 Å². The van der Waals surface area contributed by atoms with E-state index in [9.17, 15) is 4.79 Å². The van der Waals surface area contributed by atoms with E-state index in [1.165, 1.54) is 11.3 Å². The Morgan fingerprint density at radius 2 is 2.20 bits per heavy atom. The van der Waals surface area contributed by atoms with Crippen molar-refractivity contribution in [2.75, 3.05) is 0 Å². The molecule has 3 aromatic rings. The van der Waals surface area contributed by atoms with Crippen LogP contribution in [0.3, 0.4) is 0 Å². The molecule has 0 aromatic carbocycles. The Hall–Kier alpha value is -2.15. The molecule has 0 aliphatic carbocycles. The Kier molecular flexibility index (Phi) is 2.86. The number of aliphatic carboxylic acids is 1. The molecule has 20 heavy (non-hydrogen) atoms. The third-order valence-electron chi connectivity index (χ3n) is 3.38. The van der Waals surface area contributed by atoms with Crippen LogP contribution >= 0.6 is 11.3 Å². The summed E-state index contributed by atoms with van der Waals surface area (Å²) in [7, 11) is 1.90. The van der Waals surface area contributed by atoms with Gasteiger partial charge in [-0.1, -0.05) is 0 Å². The molecular formula is C13H14N4O2S. The molecule has 3 heterocycles. The number of aromatic nitrogens is 4. The minimum Gasteiger partial charge on any atom is -0.481 e. The second-order valence-electron chi connectivity index (χ2n) is 4.75. The number of hydrogen-bond acceptors (Lipinski definition) is 4. The molecule has 3 rings (SSSR count). The topological polar surface area (TPSA) is 72.4 Å². The second-order valence-corrected chi connectivity index (χ2v) is 5.58. The Balaban J connectivity index is 2.14. The van der Waals surface area contributed by atoms with E-state index in [0.717, 1.165) is 33.3 Å². The van der Waals surface area contributed by atoms with Gasteiger partial charge in [-0.2, -0.15) is 5.10 Å². The van der Waals surface area contributed by atoms with Crippen LogP contribution in [0.25, 0.3) is 16.2 Å². The first kappa shape index (κ1) is 12.9. The number of hydrogen-bond donors (Lipinski definition) is 1. The predicted molar refractivity (Wildman–Crippen MR) is 76.1 cm³/mol. The molecule has 0 radical (unpaired) electrons. The van der Waals surface area contributed by atoms with Crippen molar-refractivity contribution in [3.05, 3.63) is 28.7 Å². The van der Waals surface area contributed by atoms with Crippen LogP contribution in [0.15, 0.2) is 11.6 Å². The first-order valence-corrected chi connectivity index (χ1v) is 7.03. The summed E-state index contributed by atoms with van der Waals surface area (Å²) in [5, 5.41) is 15.1. The minimum absolute atomic E-state index is 0.000798. The largest absolute Gasteiger partial charge is 0.481 e. The van der Waals surface area contributed by atoms with Gasteiger partial charge in [0.25, 0.3) is 0 Å². The molecule has 0 bridgehead atoms. The SMILES string of the molecule is Cc1nn(C)c(C)c1-c1cn2c(CC(=O)O)csc2n1. The zero-order valence-corrected chi connectivity index (χ0v) is 12.2. The Morgan fingerprint density at radius 1 is 1.45 bits per heavy atom. The Bertz CT molecular complexity index is 812. The zero-order chi connectivity index (χ0) is 14.4. The van der Waals surface area contributed by atoms with Gasteiger partial charge in [-0.3, -0.25) is 13.9 Å². The molecule has 6 nitrogen and oxygen atoms in total. The van der Waals surface area contributed by atoms with Crippen molar-refractivity contribution in [2.45, 2.75) is 20.3 Å². The van der Waals surface area contributed by atoms with E-state index >= 15 is 0 Å². The molecule has 104 valence electrons. The number of imidazole rings is 1. The van der Waals surface area contributed by atoms with Gasteiger partial charge in [-0.15, -0.1) is 11.3 Å². The summed E-state index contributed by atoms with van der Waals surface area (Å²) in [6.07, 6.45) is 1.89. The van der Waals surface area contributed by atoms with E-state index in [0.29, 0.717) is 0 Å². The van der Waals surface area contributed by atoms with Crippen LogP contribution in [0.5, 0.6) is 0 Å². The summed E-state index contributed by atoms with van der Waals surface area (Å²) in [4.78, 5) is 16.2. The first-order valence-electron chi connectivity index (χ1n) is 6.15. The fourth-order valence-corrected chi connectivity index (χ4v) is 3.25. The zero-order valence-electron chi connectivity index (χ0n) is 11.4. The predicted octanol–water partition coefficient (Wildman–Crippen LogP) is 2.04. The number of nitrogens with zero attached hydrogens (tertiary/aromatic N) is 4. The number of carboxylic acid groups (broad SMARTS) is 1. The van der Waals surface area contributed by atoms with Gasteiger partial charge in [0.05, 0.1) is 17.8 Å². The van der Waals surface area contributed by atoms with Gasteiger partial charge in [0, 0.05) is 35.6 Å². The highest BCUT2D eigenvalue weighted by Crippen LogP contribution is 2.28. The molecule has 0 atom stereocenters. The van der Waals surface area contributed by atoms with Crippen molar-refractivity contribution in [1.29, 1.82) is 0 Å². The maximum Gasteiger partial charge on any atom is 0.309 e.